The summed E-state index contributed by atoms with van der Waals surface area (Å²) in [7, 11) is 0. The first kappa shape index (κ1) is 12.3. The molecule has 0 aliphatic carbocycles. The van der Waals surface area contributed by atoms with Gasteiger partial charge in [0.05, 0.1) is 6.61 Å². The minimum absolute atomic E-state index is 0.234. The van der Waals surface area contributed by atoms with Crippen molar-refractivity contribution in [3.05, 3.63) is 35.5 Å². The van der Waals surface area contributed by atoms with E-state index in [0.717, 1.165) is 17.5 Å². The molecule has 0 fully saturated rings. The highest BCUT2D eigenvalue weighted by molar-refractivity contribution is 5.94. The van der Waals surface area contributed by atoms with Crippen molar-refractivity contribution in [2.45, 2.75) is 20.3 Å². The van der Waals surface area contributed by atoms with Gasteiger partial charge in [0.15, 0.2) is 5.69 Å². The number of rotatable bonds is 4. The summed E-state index contributed by atoms with van der Waals surface area (Å²) in [5.41, 5.74) is 2.82. The highest BCUT2D eigenvalue weighted by Gasteiger charge is 2.20. The van der Waals surface area contributed by atoms with Crippen LogP contribution in [0.5, 0.6) is 0 Å². The average Bonchev–Trinajstić information content (AvgIpc) is 2.88. The van der Waals surface area contributed by atoms with Crippen LogP contribution in [-0.4, -0.2) is 28.0 Å². The fourth-order valence-electron chi connectivity index (χ4n) is 1.82. The molecule has 5 heteroatoms. The van der Waals surface area contributed by atoms with E-state index in [0.29, 0.717) is 12.3 Å². The van der Waals surface area contributed by atoms with E-state index in [-0.39, 0.29) is 5.69 Å². The van der Waals surface area contributed by atoms with Crippen molar-refractivity contribution < 1.29 is 9.53 Å². The summed E-state index contributed by atoms with van der Waals surface area (Å²) in [5.74, 6) is -0.452. The number of hydrogen-bond donors (Lipinski definition) is 1. The number of hydrogen-bond acceptors (Lipinski definition) is 4. The van der Waals surface area contributed by atoms with Gasteiger partial charge in [-0.1, -0.05) is 31.2 Å². The van der Waals surface area contributed by atoms with Gasteiger partial charge in [-0.05, 0) is 18.9 Å². The Morgan fingerprint density at radius 3 is 2.78 bits per heavy atom. The first-order valence-electron chi connectivity index (χ1n) is 5.94. The van der Waals surface area contributed by atoms with Gasteiger partial charge in [-0.2, -0.15) is 10.3 Å². The summed E-state index contributed by atoms with van der Waals surface area (Å²) in [4.78, 5) is 11.8. The fourth-order valence-corrected chi connectivity index (χ4v) is 1.82. The van der Waals surface area contributed by atoms with Crippen molar-refractivity contribution in [1.82, 2.24) is 15.4 Å². The molecule has 0 saturated carbocycles. The predicted octanol–water partition coefficient (Wildman–Crippen LogP) is 2.21. The summed E-state index contributed by atoms with van der Waals surface area (Å²) in [5, 5.41) is 10.4. The van der Waals surface area contributed by atoms with Gasteiger partial charge in [-0.15, -0.1) is 5.10 Å². The number of nitrogens with one attached hydrogen (secondary N) is 1. The predicted molar refractivity (Wildman–Crippen MR) is 67.2 cm³/mol. The maximum atomic E-state index is 11.8. The third-order valence-electron chi connectivity index (χ3n) is 2.67. The summed E-state index contributed by atoms with van der Waals surface area (Å²) in [6.07, 6.45) is 0.866. The highest BCUT2D eigenvalue weighted by Crippen LogP contribution is 2.24. The topological polar surface area (TPSA) is 67.9 Å². The fraction of sp³-hybridized carbons (Fsp3) is 0.308. The molecule has 1 N–H and O–H groups in total. The molecule has 1 heterocycles. The van der Waals surface area contributed by atoms with Crippen LogP contribution in [0.3, 0.4) is 0 Å². The Morgan fingerprint density at radius 2 is 2.06 bits per heavy atom. The third-order valence-corrected chi connectivity index (χ3v) is 2.67. The lowest BCUT2D eigenvalue weighted by atomic mass is 10.0. The second kappa shape index (κ2) is 5.44. The van der Waals surface area contributed by atoms with Gasteiger partial charge in [-0.3, -0.25) is 0 Å². The van der Waals surface area contributed by atoms with Gasteiger partial charge in [0.25, 0.3) is 0 Å². The van der Waals surface area contributed by atoms with E-state index in [2.05, 4.69) is 22.3 Å². The molecule has 0 bridgehead atoms. The molecule has 0 radical (unpaired) electrons. The van der Waals surface area contributed by atoms with E-state index in [9.17, 15) is 4.79 Å². The summed E-state index contributed by atoms with van der Waals surface area (Å²) in [6, 6.07) is 7.82. The van der Waals surface area contributed by atoms with Crippen LogP contribution < -0.4 is 0 Å². The van der Waals surface area contributed by atoms with E-state index < -0.39 is 5.97 Å². The quantitative estimate of drug-likeness (QED) is 0.838. The Hall–Kier alpha value is -2.17. The number of aromatic amines is 1. The molecule has 0 atom stereocenters. The van der Waals surface area contributed by atoms with E-state index >= 15 is 0 Å². The Morgan fingerprint density at radius 1 is 1.28 bits per heavy atom. The van der Waals surface area contributed by atoms with E-state index in [4.69, 9.17) is 4.74 Å². The zero-order chi connectivity index (χ0) is 13.0. The van der Waals surface area contributed by atoms with Crippen LogP contribution in [0.1, 0.15) is 29.9 Å². The molecule has 0 saturated heterocycles. The second-order valence-electron chi connectivity index (χ2n) is 3.75. The third kappa shape index (κ3) is 2.25. The largest absolute Gasteiger partial charge is 0.461 e. The van der Waals surface area contributed by atoms with Gasteiger partial charge in [0.1, 0.15) is 5.69 Å². The molecular weight excluding hydrogens is 230 g/mol. The number of carbonyl (C=O) groups excluding carboxylic acids is 1. The maximum absolute atomic E-state index is 11.8. The monoisotopic (exact) mass is 245 g/mol. The van der Waals surface area contributed by atoms with Crippen LogP contribution in [0.25, 0.3) is 11.3 Å². The Kier molecular flexibility index (Phi) is 3.72. The number of nitrogens with zero attached hydrogens (tertiary/aromatic N) is 2. The van der Waals surface area contributed by atoms with Crippen molar-refractivity contribution in [1.29, 1.82) is 0 Å². The van der Waals surface area contributed by atoms with Gasteiger partial charge in [0.2, 0.25) is 0 Å². The number of benzene rings is 1. The van der Waals surface area contributed by atoms with Crippen LogP contribution in [0, 0.1) is 0 Å². The first-order chi connectivity index (χ1) is 8.77. The standard InChI is InChI=1S/C13H15N3O2/c1-3-9-7-5-6-8-10(9)11-12(15-16-14-11)13(17)18-4-2/h5-8H,3-4H2,1-2H3,(H,14,15,16). The smallest absolute Gasteiger partial charge is 0.361 e. The van der Waals surface area contributed by atoms with Crippen LogP contribution in [-0.2, 0) is 11.2 Å². The van der Waals surface area contributed by atoms with Gasteiger partial charge in [0, 0.05) is 5.56 Å². The lowest BCUT2D eigenvalue weighted by molar-refractivity contribution is 0.0520. The van der Waals surface area contributed by atoms with Crippen LogP contribution in [0.4, 0.5) is 0 Å². The molecule has 0 amide bonds. The molecule has 2 aromatic rings. The van der Waals surface area contributed by atoms with Crippen LogP contribution in [0.2, 0.25) is 0 Å². The van der Waals surface area contributed by atoms with Gasteiger partial charge >= 0.3 is 5.97 Å². The number of aromatic nitrogens is 3. The molecular formula is C13H15N3O2. The molecule has 0 aliphatic heterocycles. The molecule has 18 heavy (non-hydrogen) atoms. The number of ether oxygens (including phenoxy) is 1. The maximum Gasteiger partial charge on any atom is 0.361 e. The van der Waals surface area contributed by atoms with Crippen molar-refractivity contribution in [3.63, 3.8) is 0 Å². The van der Waals surface area contributed by atoms with Crippen molar-refractivity contribution >= 4 is 5.97 Å². The first-order valence-corrected chi connectivity index (χ1v) is 5.94. The zero-order valence-electron chi connectivity index (χ0n) is 10.4. The average molecular weight is 245 g/mol. The van der Waals surface area contributed by atoms with Crippen LogP contribution >= 0.6 is 0 Å². The summed E-state index contributed by atoms with van der Waals surface area (Å²) >= 11 is 0. The Labute approximate surface area is 105 Å². The van der Waals surface area contributed by atoms with E-state index in [1.807, 2.05) is 24.3 Å². The molecule has 0 unspecified atom stereocenters. The second-order valence-corrected chi connectivity index (χ2v) is 3.75. The van der Waals surface area contributed by atoms with Crippen molar-refractivity contribution in [3.8, 4) is 11.3 Å². The summed E-state index contributed by atoms with van der Waals surface area (Å²) < 4.78 is 4.96. The number of H-pyrrole nitrogens is 1. The van der Waals surface area contributed by atoms with Gasteiger partial charge in [-0.25, -0.2) is 4.79 Å². The molecule has 0 spiro atoms. The Balaban J connectivity index is 2.45. The molecule has 94 valence electrons. The number of aryl methyl sites for hydroxylation is 1. The molecule has 0 aliphatic rings. The van der Waals surface area contributed by atoms with Gasteiger partial charge < -0.3 is 4.74 Å². The lowest BCUT2D eigenvalue weighted by Crippen LogP contribution is -2.07. The van der Waals surface area contributed by atoms with E-state index in [1.54, 1.807) is 6.92 Å². The lowest BCUT2D eigenvalue weighted by Gasteiger charge is -2.05. The summed E-state index contributed by atoms with van der Waals surface area (Å²) in [6.45, 7) is 4.14. The molecule has 2 rings (SSSR count). The van der Waals surface area contributed by atoms with Crippen molar-refractivity contribution in [2.24, 2.45) is 0 Å². The molecule has 5 nitrogen and oxygen atoms in total. The van der Waals surface area contributed by atoms with E-state index in [1.165, 1.54) is 0 Å². The van der Waals surface area contributed by atoms with Crippen LogP contribution in [0.15, 0.2) is 24.3 Å². The zero-order valence-corrected chi connectivity index (χ0v) is 10.4. The normalized spacial score (nSPS) is 10.3. The minimum atomic E-state index is -0.452. The highest BCUT2D eigenvalue weighted by atomic mass is 16.5. The van der Waals surface area contributed by atoms with Crippen molar-refractivity contribution in [2.75, 3.05) is 6.61 Å². The molecule has 1 aromatic carbocycles. The minimum Gasteiger partial charge on any atom is -0.461 e. The number of esters is 1. The molecule has 1 aromatic heterocycles. The number of carbonyl (C=O) groups is 1. The SMILES string of the molecule is CCOC(=O)c1n[nH]nc1-c1ccccc1CC. The Bertz CT molecular complexity index is 549.